The van der Waals surface area contributed by atoms with Crippen LogP contribution in [0.4, 0.5) is 4.79 Å². The van der Waals surface area contributed by atoms with E-state index in [9.17, 15) is 9.59 Å². The molecule has 1 aromatic carbocycles. The topological polar surface area (TPSA) is 70.2 Å². The highest BCUT2D eigenvalue weighted by Crippen LogP contribution is 2.32. The molecule has 0 atom stereocenters. The number of nitrogens with one attached hydrogen (secondary N) is 3. The lowest BCUT2D eigenvalue weighted by molar-refractivity contribution is -0.122. The molecular formula is C16H23N3O2. The van der Waals surface area contributed by atoms with Crippen LogP contribution in [0.25, 0.3) is 0 Å². The van der Waals surface area contributed by atoms with Gasteiger partial charge in [0.05, 0.1) is 6.54 Å². The largest absolute Gasteiger partial charge is 0.349 e. The van der Waals surface area contributed by atoms with Crippen molar-refractivity contribution in [3.63, 3.8) is 0 Å². The van der Waals surface area contributed by atoms with Gasteiger partial charge in [-0.2, -0.15) is 0 Å². The van der Waals surface area contributed by atoms with Crippen molar-refractivity contribution in [2.24, 2.45) is 0 Å². The Morgan fingerprint density at radius 2 is 1.81 bits per heavy atom. The van der Waals surface area contributed by atoms with Crippen LogP contribution in [0.3, 0.4) is 0 Å². The van der Waals surface area contributed by atoms with Crippen molar-refractivity contribution in [2.75, 3.05) is 13.6 Å². The molecule has 114 valence electrons. The van der Waals surface area contributed by atoms with Gasteiger partial charge < -0.3 is 16.0 Å². The van der Waals surface area contributed by atoms with E-state index in [4.69, 9.17) is 0 Å². The Hall–Kier alpha value is -2.04. The Kier molecular flexibility index (Phi) is 5.20. The molecule has 0 unspecified atom stereocenters. The van der Waals surface area contributed by atoms with E-state index >= 15 is 0 Å². The molecule has 21 heavy (non-hydrogen) atoms. The molecule has 1 saturated carbocycles. The van der Waals surface area contributed by atoms with Crippen LogP contribution in [0.2, 0.25) is 0 Å². The van der Waals surface area contributed by atoms with Gasteiger partial charge in [-0.3, -0.25) is 4.79 Å². The second kappa shape index (κ2) is 7.11. The zero-order valence-electron chi connectivity index (χ0n) is 12.4. The monoisotopic (exact) mass is 289 g/mol. The first kappa shape index (κ1) is 15.4. The minimum Gasteiger partial charge on any atom is -0.349 e. The molecule has 1 aliphatic carbocycles. The molecule has 1 aliphatic rings. The minimum atomic E-state index is -0.339. The van der Waals surface area contributed by atoms with Crippen molar-refractivity contribution >= 4 is 11.9 Å². The molecule has 0 bridgehead atoms. The maximum absolute atomic E-state index is 12.1. The normalized spacial score (nSPS) is 16.2. The van der Waals surface area contributed by atoms with Crippen molar-refractivity contribution in [2.45, 2.75) is 37.6 Å². The number of carbonyl (C=O) groups excluding carboxylic acids is 2. The molecule has 5 nitrogen and oxygen atoms in total. The zero-order valence-corrected chi connectivity index (χ0v) is 12.4. The number of urea groups is 1. The first-order valence-corrected chi connectivity index (χ1v) is 7.44. The van der Waals surface area contributed by atoms with Gasteiger partial charge in [0.1, 0.15) is 0 Å². The second-order valence-electron chi connectivity index (χ2n) is 5.63. The Labute approximate surface area is 125 Å². The molecule has 0 aliphatic heterocycles. The van der Waals surface area contributed by atoms with Gasteiger partial charge in [0, 0.05) is 12.6 Å². The molecule has 0 radical (unpaired) electrons. The molecule has 0 heterocycles. The SMILES string of the molecule is CNC(=O)NCC(=O)NC1(Cc2ccccc2)CCCC1. The van der Waals surface area contributed by atoms with Crippen LogP contribution in [0, 0.1) is 0 Å². The van der Waals surface area contributed by atoms with Gasteiger partial charge in [-0.25, -0.2) is 4.79 Å². The Morgan fingerprint density at radius 3 is 2.43 bits per heavy atom. The number of hydrogen-bond acceptors (Lipinski definition) is 2. The van der Waals surface area contributed by atoms with Gasteiger partial charge in [-0.1, -0.05) is 43.2 Å². The average Bonchev–Trinajstić information content (AvgIpc) is 2.93. The average molecular weight is 289 g/mol. The summed E-state index contributed by atoms with van der Waals surface area (Å²) in [5, 5.41) is 8.10. The summed E-state index contributed by atoms with van der Waals surface area (Å²) in [5.41, 5.74) is 1.07. The quantitative estimate of drug-likeness (QED) is 0.770. The van der Waals surface area contributed by atoms with Crippen molar-refractivity contribution in [3.05, 3.63) is 35.9 Å². The maximum Gasteiger partial charge on any atom is 0.314 e. The fraction of sp³-hybridized carbons (Fsp3) is 0.500. The molecule has 3 N–H and O–H groups in total. The number of rotatable bonds is 5. The Morgan fingerprint density at radius 1 is 1.14 bits per heavy atom. The van der Waals surface area contributed by atoms with Crippen LogP contribution < -0.4 is 16.0 Å². The van der Waals surface area contributed by atoms with E-state index < -0.39 is 0 Å². The predicted octanol–water partition coefficient (Wildman–Crippen LogP) is 1.59. The highest BCUT2D eigenvalue weighted by Gasteiger charge is 2.35. The van der Waals surface area contributed by atoms with E-state index in [2.05, 4.69) is 28.1 Å². The number of amides is 3. The number of hydrogen-bond donors (Lipinski definition) is 3. The molecule has 3 amide bonds. The van der Waals surface area contributed by atoms with Crippen molar-refractivity contribution in [1.82, 2.24) is 16.0 Å². The lowest BCUT2D eigenvalue weighted by atomic mass is 9.89. The van der Waals surface area contributed by atoms with Crippen LogP contribution in [0.5, 0.6) is 0 Å². The van der Waals surface area contributed by atoms with Crippen LogP contribution in [-0.4, -0.2) is 31.1 Å². The molecule has 5 heteroatoms. The first-order valence-electron chi connectivity index (χ1n) is 7.44. The number of benzene rings is 1. The summed E-state index contributed by atoms with van der Waals surface area (Å²) in [6, 6.07) is 9.88. The van der Waals surface area contributed by atoms with Crippen LogP contribution in [0.1, 0.15) is 31.2 Å². The van der Waals surface area contributed by atoms with Crippen molar-refractivity contribution in [3.8, 4) is 0 Å². The van der Waals surface area contributed by atoms with Crippen LogP contribution >= 0.6 is 0 Å². The molecule has 0 spiro atoms. The summed E-state index contributed by atoms with van der Waals surface area (Å²) < 4.78 is 0. The van der Waals surface area contributed by atoms with E-state index in [1.807, 2.05) is 18.2 Å². The smallest absolute Gasteiger partial charge is 0.314 e. The fourth-order valence-electron chi connectivity index (χ4n) is 2.97. The van der Waals surface area contributed by atoms with Crippen LogP contribution in [0.15, 0.2) is 30.3 Å². The van der Waals surface area contributed by atoms with Crippen molar-refractivity contribution < 1.29 is 9.59 Å². The molecular weight excluding hydrogens is 266 g/mol. The molecule has 0 aromatic heterocycles. The summed E-state index contributed by atoms with van der Waals surface area (Å²) in [5.74, 6) is -0.128. The predicted molar refractivity (Wildman–Crippen MR) is 81.9 cm³/mol. The third kappa shape index (κ3) is 4.48. The summed E-state index contributed by atoms with van der Waals surface area (Å²) >= 11 is 0. The number of carbonyl (C=O) groups is 2. The fourth-order valence-corrected chi connectivity index (χ4v) is 2.97. The first-order chi connectivity index (χ1) is 10.1. The lowest BCUT2D eigenvalue weighted by Crippen LogP contribution is -2.51. The summed E-state index contributed by atoms with van der Waals surface area (Å²) in [6.07, 6.45) is 5.10. The van der Waals surface area contributed by atoms with E-state index in [1.54, 1.807) is 0 Å². The van der Waals surface area contributed by atoms with Gasteiger partial charge >= 0.3 is 6.03 Å². The van der Waals surface area contributed by atoms with E-state index in [-0.39, 0.29) is 24.0 Å². The molecule has 2 rings (SSSR count). The van der Waals surface area contributed by atoms with Crippen LogP contribution in [-0.2, 0) is 11.2 Å². The molecule has 1 fully saturated rings. The Bertz CT molecular complexity index is 482. The van der Waals surface area contributed by atoms with E-state index in [1.165, 1.54) is 12.6 Å². The van der Waals surface area contributed by atoms with Gasteiger partial charge in [0.15, 0.2) is 0 Å². The standard InChI is InChI=1S/C16H23N3O2/c1-17-15(21)18-12-14(20)19-16(9-5-6-10-16)11-13-7-3-2-4-8-13/h2-4,7-8H,5-6,9-12H2,1H3,(H,19,20)(H2,17,18,21). The van der Waals surface area contributed by atoms with E-state index in [0.29, 0.717) is 0 Å². The third-order valence-corrected chi connectivity index (χ3v) is 3.99. The van der Waals surface area contributed by atoms with Gasteiger partial charge in [-0.15, -0.1) is 0 Å². The Balaban J connectivity index is 1.95. The van der Waals surface area contributed by atoms with Crippen molar-refractivity contribution in [1.29, 1.82) is 0 Å². The lowest BCUT2D eigenvalue weighted by Gasteiger charge is -2.30. The van der Waals surface area contributed by atoms with Gasteiger partial charge in [0.25, 0.3) is 0 Å². The van der Waals surface area contributed by atoms with Gasteiger partial charge in [0.2, 0.25) is 5.91 Å². The highest BCUT2D eigenvalue weighted by molar-refractivity contribution is 5.84. The highest BCUT2D eigenvalue weighted by atomic mass is 16.2. The zero-order chi connectivity index (χ0) is 15.1. The van der Waals surface area contributed by atoms with E-state index in [0.717, 1.165) is 32.1 Å². The summed E-state index contributed by atoms with van der Waals surface area (Å²) in [4.78, 5) is 23.2. The summed E-state index contributed by atoms with van der Waals surface area (Å²) in [6.45, 7) is 0.0101. The molecule has 0 saturated heterocycles. The summed E-state index contributed by atoms with van der Waals surface area (Å²) in [7, 11) is 1.53. The van der Waals surface area contributed by atoms with Gasteiger partial charge in [-0.05, 0) is 24.8 Å². The second-order valence-corrected chi connectivity index (χ2v) is 5.63. The molecule has 1 aromatic rings. The maximum atomic E-state index is 12.1. The third-order valence-electron chi connectivity index (χ3n) is 3.99. The minimum absolute atomic E-state index is 0.0101.